The van der Waals surface area contributed by atoms with Crippen molar-refractivity contribution in [2.75, 3.05) is 18.5 Å². The first-order chi connectivity index (χ1) is 12.6. The van der Waals surface area contributed by atoms with Crippen LogP contribution in [0.25, 0.3) is 0 Å². The van der Waals surface area contributed by atoms with E-state index in [1.807, 2.05) is 61.2 Å². The highest BCUT2D eigenvalue weighted by Gasteiger charge is 2.20. The third kappa shape index (κ3) is 4.23. The zero-order valence-corrected chi connectivity index (χ0v) is 15.2. The number of ether oxygens (including phenoxy) is 1. The topological polar surface area (TPSA) is 58.6 Å². The van der Waals surface area contributed by atoms with E-state index in [0.29, 0.717) is 18.7 Å². The number of rotatable bonds is 5. The lowest BCUT2D eigenvalue weighted by atomic mass is 9.99. The van der Waals surface area contributed by atoms with Crippen LogP contribution < -0.4 is 10.1 Å². The maximum Gasteiger partial charge on any atom is 0.262 e. The van der Waals surface area contributed by atoms with Crippen LogP contribution in [-0.4, -0.2) is 29.9 Å². The number of benzene rings is 2. The van der Waals surface area contributed by atoms with Crippen LogP contribution in [0, 0.1) is 6.92 Å². The summed E-state index contributed by atoms with van der Waals surface area (Å²) in [7, 11) is 0. The van der Waals surface area contributed by atoms with Gasteiger partial charge in [-0.3, -0.25) is 9.59 Å². The van der Waals surface area contributed by atoms with Crippen molar-refractivity contribution < 1.29 is 14.3 Å². The number of fused-ring (bicyclic) bond motifs is 1. The summed E-state index contributed by atoms with van der Waals surface area (Å²) in [6, 6.07) is 13.5. The molecule has 136 valence electrons. The Balaban J connectivity index is 1.61. The smallest absolute Gasteiger partial charge is 0.262 e. The zero-order valence-electron chi connectivity index (χ0n) is 15.2. The molecule has 26 heavy (non-hydrogen) atoms. The van der Waals surface area contributed by atoms with Crippen molar-refractivity contribution in [1.29, 1.82) is 0 Å². The van der Waals surface area contributed by atoms with Gasteiger partial charge in [0.2, 0.25) is 5.91 Å². The number of nitrogens with one attached hydrogen (secondary N) is 1. The molecule has 2 aromatic rings. The van der Waals surface area contributed by atoms with Crippen molar-refractivity contribution in [3.63, 3.8) is 0 Å². The number of nitrogens with zero attached hydrogens (tertiary/aromatic N) is 1. The van der Waals surface area contributed by atoms with Crippen LogP contribution in [0.5, 0.6) is 5.75 Å². The summed E-state index contributed by atoms with van der Waals surface area (Å²) in [5, 5.41) is 2.87. The molecule has 0 unspecified atom stereocenters. The van der Waals surface area contributed by atoms with Crippen LogP contribution in [0.3, 0.4) is 0 Å². The van der Waals surface area contributed by atoms with E-state index in [0.717, 1.165) is 29.8 Å². The lowest BCUT2D eigenvalue weighted by Gasteiger charge is -2.29. The van der Waals surface area contributed by atoms with Gasteiger partial charge >= 0.3 is 0 Å². The number of aryl methyl sites for hydroxylation is 1. The van der Waals surface area contributed by atoms with Gasteiger partial charge in [-0.15, -0.1) is 0 Å². The summed E-state index contributed by atoms with van der Waals surface area (Å²) in [5.74, 6) is 0.670. The number of para-hydroxylation sites is 1. The lowest BCUT2D eigenvalue weighted by Crippen LogP contribution is -2.35. The Morgan fingerprint density at radius 2 is 1.96 bits per heavy atom. The van der Waals surface area contributed by atoms with E-state index in [2.05, 4.69) is 5.32 Å². The third-order valence-corrected chi connectivity index (χ3v) is 4.61. The van der Waals surface area contributed by atoms with Gasteiger partial charge in [0, 0.05) is 25.2 Å². The lowest BCUT2D eigenvalue weighted by molar-refractivity contribution is -0.131. The average Bonchev–Trinajstić information content (AvgIpc) is 2.66. The molecule has 0 aromatic heterocycles. The van der Waals surface area contributed by atoms with E-state index in [9.17, 15) is 9.59 Å². The summed E-state index contributed by atoms with van der Waals surface area (Å²) in [6.07, 6.45) is 1.37. The van der Waals surface area contributed by atoms with Crippen LogP contribution in [0.4, 0.5) is 5.69 Å². The fourth-order valence-electron chi connectivity index (χ4n) is 3.13. The summed E-state index contributed by atoms with van der Waals surface area (Å²) in [6.45, 7) is 5.15. The second kappa shape index (κ2) is 8.04. The Bertz CT molecular complexity index is 817. The van der Waals surface area contributed by atoms with E-state index >= 15 is 0 Å². The molecule has 1 aliphatic heterocycles. The SMILES string of the molecule is CCC(=O)N1CCc2ccc(NC(=O)COc3ccccc3C)cc2C1. The second-order valence-corrected chi connectivity index (χ2v) is 6.50. The van der Waals surface area contributed by atoms with Crippen molar-refractivity contribution in [1.82, 2.24) is 4.90 Å². The Hall–Kier alpha value is -2.82. The first-order valence-electron chi connectivity index (χ1n) is 8.94. The second-order valence-electron chi connectivity index (χ2n) is 6.50. The van der Waals surface area contributed by atoms with E-state index in [1.54, 1.807) is 0 Å². The largest absolute Gasteiger partial charge is 0.483 e. The molecule has 1 heterocycles. The number of hydrogen-bond donors (Lipinski definition) is 1. The minimum absolute atomic E-state index is 0.0393. The normalized spacial score (nSPS) is 13.1. The Morgan fingerprint density at radius 3 is 2.73 bits per heavy atom. The van der Waals surface area contributed by atoms with Crippen molar-refractivity contribution in [3.8, 4) is 5.75 Å². The van der Waals surface area contributed by atoms with Gasteiger partial charge in [-0.2, -0.15) is 0 Å². The molecule has 0 aliphatic carbocycles. The van der Waals surface area contributed by atoms with Gasteiger partial charge in [-0.25, -0.2) is 0 Å². The van der Waals surface area contributed by atoms with Crippen LogP contribution in [0.1, 0.15) is 30.0 Å². The molecule has 0 spiro atoms. The first-order valence-corrected chi connectivity index (χ1v) is 8.94. The van der Waals surface area contributed by atoms with E-state index < -0.39 is 0 Å². The van der Waals surface area contributed by atoms with Gasteiger partial charge in [0.1, 0.15) is 5.75 Å². The van der Waals surface area contributed by atoms with Crippen LogP contribution in [0.2, 0.25) is 0 Å². The standard InChI is InChI=1S/C21H24N2O3/c1-3-21(25)23-11-10-16-8-9-18(12-17(16)13-23)22-20(24)14-26-19-7-5-4-6-15(19)2/h4-9,12H,3,10-11,13-14H2,1-2H3,(H,22,24). The van der Waals surface area contributed by atoms with Crippen molar-refractivity contribution in [2.24, 2.45) is 0 Å². The molecule has 2 aromatic carbocycles. The van der Waals surface area contributed by atoms with Crippen molar-refractivity contribution >= 4 is 17.5 Å². The maximum atomic E-state index is 12.2. The Labute approximate surface area is 154 Å². The third-order valence-electron chi connectivity index (χ3n) is 4.61. The van der Waals surface area contributed by atoms with Crippen LogP contribution in [-0.2, 0) is 22.6 Å². The van der Waals surface area contributed by atoms with Gasteiger partial charge in [0.25, 0.3) is 5.91 Å². The molecule has 0 fully saturated rings. The average molecular weight is 352 g/mol. The van der Waals surface area contributed by atoms with E-state index in [1.165, 1.54) is 5.56 Å². The molecule has 0 bridgehead atoms. The van der Waals surface area contributed by atoms with Crippen molar-refractivity contribution in [2.45, 2.75) is 33.2 Å². The van der Waals surface area contributed by atoms with Gasteiger partial charge in [-0.05, 0) is 48.2 Å². The number of amides is 2. The Morgan fingerprint density at radius 1 is 1.15 bits per heavy atom. The fourth-order valence-corrected chi connectivity index (χ4v) is 3.13. The summed E-state index contributed by atoms with van der Waals surface area (Å²) in [4.78, 5) is 26.0. The van der Waals surface area contributed by atoms with Crippen LogP contribution in [0.15, 0.2) is 42.5 Å². The highest BCUT2D eigenvalue weighted by molar-refractivity contribution is 5.92. The molecule has 0 saturated carbocycles. The highest BCUT2D eigenvalue weighted by Crippen LogP contribution is 2.23. The molecule has 2 amide bonds. The minimum Gasteiger partial charge on any atom is -0.483 e. The van der Waals surface area contributed by atoms with Gasteiger partial charge < -0.3 is 15.0 Å². The molecule has 0 radical (unpaired) electrons. The summed E-state index contributed by atoms with van der Waals surface area (Å²) >= 11 is 0. The molecule has 0 saturated heterocycles. The molecular formula is C21H24N2O3. The maximum absolute atomic E-state index is 12.2. The molecule has 1 aliphatic rings. The van der Waals surface area contributed by atoms with Gasteiger partial charge in [0.15, 0.2) is 6.61 Å². The molecule has 3 rings (SSSR count). The first kappa shape index (κ1) is 18.0. The van der Waals surface area contributed by atoms with E-state index in [4.69, 9.17) is 4.74 Å². The zero-order chi connectivity index (χ0) is 18.5. The van der Waals surface area contributed by atoms with Gasteiger partial charge in [0.05, 0.1) is 0 Å². The Kier molecular flexibility index (Phi) is 5.56. The summed E-state index contributed by atoms with van der Waals surface area (Å²) in [5.41, 5.74) is 4.05. The van der Waals surface area contributed by atoms with Gasteiger partial charge in [-0.1, -0.05) is 31.2 Å². The molecule has 0 atom stereocenters. The number of carbonyl (C=O) groups excluding carboxylic acids is 2. The van der Waals surface area contributed by atoms with Crippen LogP contribution >= 0.6 is 0 Å². The highest BCUT2D eigenvalue weighted by atomic mass is 16.5. The van der Waals surface area contributed by atoms with E-state index in [-0.39, 0.29) is 18.4 Å². The molecule has 5 heteroatoms. The minimum atomic E-state index is -0.203. The number of hydrogen-bond acceptors (Lipinski definition) is 3. The fraction of sp³-hybridized carbons (Fsp3) is 0.333. The quantitative estimate of drug-likeness (QED) is 0.898. The molecule has 1 N–H and O–H groups in total. The number of carbonyl (C=O) groups is 2. The predicted octanol–water partition coefficient (Wildman–Crippen LogP) is 3.31. The predicted molar refractivity (Wildman–Crippen MR) is 101 cm³/mol. The van der Waals surface area contributed by atoms with Crippen molar-refractivity contribution in [3.05, 3.63) is 59.2 Å². The molecule has 5 nitrogen and oxygen atoms in total. The summed E-state index contributed by atoms with van der Waals surface area (Å²) < 4.78 is 5.58. The molecular weight excluding hydrogens is 328 g/mol. The number of anilines is 1. The monoisotopic (exact) mass is 352 g/mol.